The Kier molecular flexibility index (Phi) is 4.15. The summed E-state index contributed by atoms with van der Waals surface area (Å²) < 4.78 is 5.43. The van der Waals surface area contributed by atoms with Gasteiger partial charge in [0.05, 0.1) is 6.04 Å². The third kappa shape index (κ3) is 3.21. The van der Waals surface area contributed by atoms with Crippen LogP contribution in [0.1, 0.15) is 30.0 Å². The van der Waals surface area contributed by atoms with Crippen LogP contribution in [0.5, 0.6) is 0 Å². The van der Waals surface area contributed by atoms with Gasteiger partial charge in [0.2, 0.25) is 0 Å². The van der Waals surface area contributed by atoms with E-state index in [1.54, 1.807) is 11.1 Å². The maximum absolute atomic E-state index is 12.3. The quantitative estimate of drug-likeness (QED) is 0.864. The number of pyridine rings is 1. The number of carbonyl (C=O) groups excluding carboxylic acids is 1. The standard InChI is InChI=1S/C17H18N2O2/c20-17(21-13-14-6-2-1-3-7-14)19-11-5-9-16(19)15-8-4-10-18-12-15/h1-4,6-8,10,12,16H,5,9,11,13H2/t16-/m0/s1. The number of carbonyl (C=O) groups is 1. The minimum Gasteiger partial charge on any atom is -0.445 e. The van der Waals surface area contributed by atoms with E-state index in [9.17, 15) is 4.79 Å². The number of hydrogen-bond donors (Lipinski definition) is 0. The van der Waals surface area contributed by atoms with Gasteiger partial charge in [-0.25, -0.2) is 4.79 Å². The molecule has 4 nitrogen and oxygen atoms in total. The molecule has 108 valence electrons. The van der Waals surface area contributed by atoms with E-state index in [-0.39, 0.29) is 12.1 Å². The Balaban J connectivity index is 1.64. The normalized spacial score (nSPS) is 17.7. The third-order valence-electron chi connectivity index (χ3n) is 3.76. The third-order valence-corrected chi connectivity index (χ3v) is 3.76. The maximum atomic E-state index is 12.3. The minimum atomic E-state index is -0.245. The van der Waals surface area contributed by atoms with Crippen LogP contribution in [0.25, 0.3) is 0 Å². The predicted molar refractivity (Wildman–Crippen MR) is 79.5 cm³/mol. The van der Waals surface area contributed by atoms with Gasteiger partial charge in [0.15, 0.2) is 0 Å². The van der Waals surface area contributed by atoms with Crippen molar-refractivity contribution in [2.75, 3.05) is 6.54 Å². The number of likely N-dealkylation sites (tertiary alicyclic amines) is 1. The Morgan fingerprint density at radius 3 is 2.86 bits per heavy atom. The van der Waals surface area contributed by atoms with Crippen LogP contribution in [0, 0.1) is 0 Å². The zero-order chi connectivity index (χ0) is 14.5. The summed E-state index contributed by atoms with van der Waals surface area (Å²) in [5.74, 6) is 0. The number of rotatable bonds is 3. The molecule has 0 radical (unpaired) electrons. The molecule has 0 unspecified atom stereocenters. The average Bonchev–Trinajstić information content (AvgIpc) is 3.04. The van der Waals surface area contributed by atoms with Gasteiger partial charge >= 0.3 is 6.09 Å². The zero-order valence-corrected chi connectivity index (χ0v) is 11.8. The molecule has 0 saturated carbocycles. The maximum Gasteiger partial charge on any atom is 0.410 e. The van der Waals surface area contributed by atoms with Crippen molar-refractivity contribution in [3.8, 4) is 0 Å². The average molecular weight is 282 g/mol. The van der Waals surface area contributed by atoms with Crippen molar-refractivity contribution in [3.63, 3.8) is 0 Å². The summed E-state index contributed by atoms with van der Waals surface area (Å²) in [4.78, 5) is 18.2. The van der Waals surface area contributed by atoms with Gasteiger partial charge in [-0.3, -0.25) is 4.98 Å². The molecular formula is C17H18N2O2. The summed E-state index contributed by atoms with van der Waals surface area (Å²) in [6.07, 6.45) is 5.29. The van der Waals surface area contributed by atoms with Crippen molar-refractivity contribution in [2.45, 2.75) is 25.5 Å². The highest BCUT2D eigenvalue weighted by Crippen LogP contribution is 2.31. The van der Waals surface area contributed by atoms with Gasteiger partial charge in [0.1, 0.15) is 6.61 Å². The summed E-state index contributed by atoms with van der Waals surface area (Å²) in [5.41, 5.74) is 2.08. The lowest BCUT2D eigenvalue weighted by Crippen LogP contribution is -2.31. The van der Waals surface area contributed by atoms with Crippen LogP contribution in [0.3, 0.4) is 0 Å². The van der Waals surface area contributed by atoms with Gasteiger partial charge in [-0.05, 0) is 30.0 Å². The second-order valence-corrected chi connectivity index (χ2v) is 5.18. The largest absolute Gasteiger partial charge is 0.445 e. The lowest BCUT2D eigenvalue weighted by atomic mass is 10.1. The fourth-order valence-corrected chi connectivity index (χ4v) is 2.71. The fraction of sp³-hybridized carbons (Fsp3) is 0.294. The van der Waals surface area contributed by atoms with Gasteiger partial charge in [0, 0.05) is 18.9 Å². The molecule has 1 aliphatic rings. The first-order valence-corrected chi connectivity index (χ1v) is 7.22. The molecular weight excluding hydrogens is 264 g/mol. The van der Waals surface area contributed by atoms with E-state index in [2.05, 4.69) is 4.98 Å². The molecule has 0 bridgehead atoms. The number of aromatic nitrogens is 1. The first-order chi connectivity index (χ1) is 10.3. The number of hydrogen-bond acceptors (Lipinski definition) is 3. The van der Waals surface area contributed by atoms with E-state index < -0.39 is 0 Å². The topological polar surface area (TPSA) is 42.4 Å². The summed E-state index contributed by atoms with van der Waals surface area (Å²) in [5, 5.41) is 0. The molecule has 0 N–H and O–H groups in total. The van der Waals surface area contributed by atoms with E-state index >= 15 is 0 Å². The number of ether oxygens (including phenoxy) is 1. The van der Waals surface area contributed by atoms with Crippen LogP contribution in [-0.2, 0) is 11.3 Å². The number of benzene rings is 1. The Morgan fingerprint density at radius 2 is 2.10 bits per heavy atom. The van der Waals surface area contributed by atoms with Crippen molar-refractivity contribution in [1.82, 2.24) is 9.88 Å². The monoisotopic (exact) mass is 282 g/mol. The SMILES string of the molecule is O=C(OCc1ccccc1)N1CCC[C@H]1c1cccnc1. The van der Waals surface area contributed by atoms with Crippen LogP contribution in [0.15, 0.2) is 54.9 Å². The molecule has 4 heteroatoms. The zero-order valence-electron chi connectivity index (χ0n) is 11.8. The molecule has 1 fully saturated rings. The molecule has 1 aromatic carbocycles. The molecule has 1 amide bonds. The Labute approximate surface area is 124 Å². The Bertz CT molecular complexity index is 586. The fourth-order valence-electron chi connectivity index (χ4n) is 2.71. The number of amides is 1. The molecule has 0 spiro atoms. The van der Waals surface area contributed by atoms with E-state index in [0.717, 1.165) is 30.5 Å². The molecule has 0 aliphatic carbocycles. The van der Waals surface area contributed by atoms with Crippen molar-refractivity contribution >= 4 is 6.09 Å². The molecule has 1 aliphatic heterocycles. The summed E-state index contributed by atoms with van der Waals surface area (Å²) in [7, 11) is 0. The Hall–Kier alpha value is -2.36. The van der Waals surface area contributed by atoms with Crippen LogP contribution < -0.4 is 0 Å². The van der Waals surface area contributed by atoms with Crippen LogP contribution in [0.4, 0.5) is 4.79 Å². The second-order valence-electron chi connectivity index (χ2n) is 5.18. The molecule has 21 heavy (non-hydrogen) atoms. The molecule has 1 atom stereocenters. The van der Waals surface area contributed by atoms with Crippen LogP contribution in [0.2, 0.25) is 0 Å². The van der Waals surface area contributed by atoms with E-state index in [1.165, 1.54) is 0 Å². The van der Waals surface area contributed by atoms with Gasteiger partial charge < -0.3 is 9.64 Å². The molecule has 2 aromatic rings. The van der Waals surface area contributed by atoms with E-state index in [4.69, 9.17) is 4.74 Å². The molecule has 1 aromatic heterocycles. The highest BCUT2D eigenvalue weighted by molar-refractivity contribution is 5.68. The van der Waals surface area contributed by atoms with Crippen LogP contribution >= 0.6 is 0 Å². The second kappa shape index (κ2) is 6.39. The first kappa shape index (κ1) is 13.6. The minimum absolute atomic E-state index is 0.0852. The number of nitrogens with zero attached hydrogens (tertiary/aromatic N) is 2. The van der Waals surface area contributed by atoms with E-state index in [0.29, 0.717) is 6.61 Å². The smallest absolute Gasteiger partial charge is 0.410 e. The predicted octanol–water partition coefficient (Wildman–Crippen LogP) is 3.56. The molecule has 2 heterocycles. The summed E-state index contributed by atoms with van der Waals surface area (Å²) in [6, 6.07) is 13.7. The lowest BCUT2D eigenvalue weighted by molar-refractivity contribution is 0.0920. The summed E-state index contributed by atoms with van der Waals surface area (Å²) in [6.45, 7) is 1.06. The van der Waals surface area contributed by atoms with Crippen LogP contribution in [-0.4, -0.2) is 22.5 Å². The highest BCUT2D eigenvalue weighted by atomic mass is 16.6. The molecule has 1 saturated heterocycles. The van der Waals surface area contributed by atoms with E-state index in [1.807, 2.05) is 48.7 Å². The van der Waals surface area contributed by atoms with Gasteiger partial charge in [-0.15, -0.1) is 0 Å². The van der Waals surface area contributed by atoms with Crippen molar-refractivity contribution in [1.29, 1.82) is 0 Å². The van der Waals surface area contributed by atoms with Gasteiger partial charge in [0.25, 0.3) is 0 Å². The highest BCUT2D eigenvalue weighted by Gasteiger charge is 2.31. The molecule has 3 rings (SSSR count). The van der Waals surface area contributed by atoms with Gasteiger partial charge in [-0.2, -0.15) is 0 Å². The van der Waals surface area contributed by atoms with Gasteiger partial charge in [-0.1, -0.05) is 36.4 Å². The Morgan fingerprint density at radius 1 is 1.24 bits per heavy atom. The first-order valence-electron chi connectivity index (χ1n) is 7.22. The summed E-state index contributed by atoms with van der Waals surface area (Å²) >= 11 is 0. The van der Waals surface area contributed by atoms with Crippen molar-refractivity contribution in [3.05, 3.63) is 66.0 Å². The lowest BCUT2D eigenvalue weighted by Gasteiger charge is -2.24. The van der Waals surface area contributed by atoms with Crippen molar-refractivity contribution in [2.24, 2.45) is 0 Å². The van der Waals surface area contributed by atoms with Crippen molar-refractivity contribution < 1.29 is 9.53 Å².